The second-order valence-electron chi connectivity index (χ2n) is 4.07. The van der Waals surface area contributed by atoms with Crippen molar-refractivity contribution in [1.29, 1.82) is 0 Å². The van der Waals surface area contributed by atoms with Crippen LogP contribution in [0.4, 0.5) is 5.69 Å². The molecule has 1 aromatic heterocycles. The molecule has 92 valence electrons. The minimum absolute atomic E-state index is 0.0157. The average molecular weight is 235 g/mol. The summed E-state index contributed by atoms with van der Waals surface area (Å²) in [5.74, 6) is 0.0157. The van der Waals surface area contributed by atoms with Gasteiger partial charge in [-0.25, -0.2) is 0 Å². The molecule has 1 aliphatic rings. The maximum absolute atomic E-state index is 12.3. The van der Waals surface area contributed by atoms with Gasteiger partial charge in [-0.1, -0.05) is 0 Å². The maximum atomic E-state index is 12.3. The van der Waals surface area contributed by atoms with E-state index in [4.69, 9.17) is 4.74 Å². The Bertz CT molecular complexity index is 408. The lowest BCUT2D eigenvalue weighted by atomic mass is 10.2. The van der Waals surface area contributed by atoms with E-state index < -0.39 is 0 Å². The molecule has 1 aromatic rings. The lowest BCUT2D eigenvalue weighted by Gasteiger charge is -2.17. The normalized spacial score (nSPS) is 19.4. The van der Waals surface area contributed by atoms with Crippen LogP contribution in [0.2, 0.25) is 0 Å². The quantitative estimate of drug-likeness (QED) is 0.848. The van der Waals surface area contributed by atoms with Gasteiger partial charge < -0.3 is 15.0 Å². The second kappa shape index (κ2) is 5.14. The number of rotatable bonds is 3. The van der Waals surface area contributed by atoms with Gasteiger partial charge in [-0.15, -0.1) is 0 Å². The molecule has 1 saturated heterocycles. The number of nitrogens with one attached hydrogen (secondary N) is 1. The Labute approximate surface area is 101 Å². The zero-order chi connectivity index (χ0) is 12.3. The number of hydrogen-bond donors (Lipinski definition) is 1. The van der Waals surface area contributed by atoms with Gasteiger partial charge in [0.25, 0.3) is 5.91 Å². The number of anilines is 1. The van der Waals surface area contributed by atoms with Gasteiger partial charge in [0.1, 0.15) is 0 Å². The van der Waals surface area contributed by atoms with E-state index in [1.54, 1.807) is 32.6 Å². The molecule has 0 radical (unpaired) electrons. The van der Waals surface area contributed by atoms with Crippen molar-refractivity contribution >= 4 is 11.6 Å². The van der Waals surface area contributed by atoms with E-state index in [1.807, 2.05) is 4.90 Å². The van der Waals surface area contributed by atoms with Crippen molar-refractivity contribution < 1.29 is 9.53 Å². The summed E-state index contributed by atoms with van der Waals surface area (Å²) >= 11 is 0. The molecule has 1 N–H and O–H groups in total. The standard InChI is InChI=1S/C12H17N3O2/c1-13-11-3-5-14-7-10(11)12(16)15-6-4-9(8-15)17-2/h3,5,7,9H,4,6,8H2,1-2H3,(H,13,14). The minimum Gasteiger partial charge on any atom is -0.387 e. The molecule has 2 rings (SSSR count). The smallest absolute Gasteiger partial charge is 0.257 e. The van der Waals surface area contributed by atoms with Crippen molar-refractivity contribution in [1.82, 2.24) is 9.88 Å². The number of aromatic nitrogens is 1. The third-order valence-electron chi connectivity index (χ3n) is 3.09. The fraction of sp³-hybridized carbons (Fsp3) is 0.500. The van der Waals surface area contributed by atoms with E-state index in [2.05, 4.69) is 10.3 Å². The summed E-state index contributed by atoms with van der Waals surface area (Å²) in [6, 6.07) is 1.80. The first-order chi connectivity index (χ1) is 8.26. The van der Waals surface area contributed by atoms with E-state index in [1.165, 1.54) is 0 Å². The molecule has 0 aromatic carbocycles. The lowest BCUT2D eigenvalue weighted by Crippen LogP contribution is -2.30. The van der Waals surface area contributed by atoms with Gasteiger partial charge in [-0.05, 0) is 12.5 Å². The van der Waals surface area contributed by atoms with Crippen molar-refractivity contribution in [2.45, 2.75) is 12.5 Å². The largest absolute Gasteiger partial charge is 0.387 e. The first-order valence-corrected chi connectivity index (χ1v) is 5.70. The highest BCUT2D eigenvalue weighted by Crippen LogP contribution is 2.19. The van der Waals surface area contributed by atoms with Crippen LogP contribution < -0.4 is 5.32 Å². The molecule has 0 aliphatic carbocycles. The van der Waals surface area contributed by atoms with E-state index in [0.717, 1.165) is 18.7 Å². The summed E-state index contributed by atoms with van der Waals surface area (Å²) in [4.78, 5) is 18.1. The number of pyridine rings is 1. The van der Waals surface area contributed by atoms with Crippen LogP contribution in [-0.4, -0.2) is 49.1 Å². The van der Waals surface area contributed by atoms with Crippen molar-refractivity contribution in [3.8, 4) is 0 Å². The van der Waals surface area contributed by atoms with Crippen LogP contribution in [0.25, 0.3) is 0 Å². The van der Waals surface area contributed by atoms with Gasteiger partial charge in [-0.2, -0.15) is 0 Å². The Morgan fingerprint density at radius 1 is 1.65 bits per heavy atom. The van der Waals surface area contributed by atoms with Crippen molar-refractivity contribution in [2.24, 2.45) is 0 Å². The number of nitrogens with zero attached hydrogens (tertiary/aromatic N) is 2. The van der Waals surface area contributed by atoms with Crippen LogP contribution in [0.1, 0.15) is 16.8 Å². The first-order valence-electron chi connectivity index (χ1n) is 5.70. The number of carbonyl (C=O) groups is 1. The summed E-state index contributed by atoms with van der Waals surface area (Å²) in [6.45, 7) is 1.41. The molecule has 1 aliphatic heterocycles. The van der Waals surface area contributed by atoms with Gasteiger partial charge in [0.05, 0.1) is 11.7 Å². The Kier molecular flexibility index (Phi) is 3.58. The molecule has 2 heterocycles. The molecule has 1 unspecified atom stereocenters. The van der Waals surface area contributed by atoms with Crippen LogP contribution in [-0.2, 0) is 4.74 Å². The molecular weight excluding hydrogens is 218 g/mol. The predicted octanol–water partition coefficient (Wildman–Crippen LogP) is 0.984. The Balaban J connectivity index is 2.15. The molecule has 17 heavy (non-hydrogen) atoms. The molecule has 0 saturated carbocycles. The Hall–Kier alpha value is -1.62. The summed E-state index contributed by atoms with van der Waals surface area (Å²) < 4.78 is 5.26. The number of amides is 1. The minimum atomic E-state index is 0.0157. The molecule has 1 amide bonds. The lowest BCUT2D eigenvalue weighted by molar-refractivity contribution is 0.0724. The van der Waals surface area contributed by atoms with Gasteiger partial charge in [0, 0.05) is 45.3 Å². The Morgan fingerprint density at radius 3 is 3.12 bits per heavy atom. The highest BCUT2D eigenvalue weighted by molar-refractivity contribution is 5.99. The topological polar surface area (TPSA) is 54.5 Å². The molecule has 0 spiro atoms. The summed E-state index contributed by atoms with van der Waals surface area (Å²) in [5.41, 5.74) is 1.43. The van der Waals surface area contributed by atoms with E-state index in [0.29, 0.717) is 12.1 Å². The number of likely N-dealkylation sites (tertiary alicyclic amines) is 1. The van der Waals surface area contributed by atoms with Gasteiger partial charge >= 0.3 is 0 Å². The van der Waals surface area contributed by atoms with Crippen LogP contribution in [0, 0.1) is 0 Å². The molecule has 1 atom stereocenters. The highest BCUT2D eigenvalue weighted by atomic mass is 16.5. The average Bonchev–Trinajstić information content (AvgIpc) is 2.86. The molecule has 5 heteroatoms. The second-order valence-corrected chi connectivity index (χ2v) is 4.07. The van der Waals surface area contributed by atoms with Gasteiger partial charge in [-0.3, -0.25) is 9.78 Å². The van der Waals surface area contributed by atoms with Crippen molar-refractivity contribution in [2.75, 3.05) is 32.6 Å². The van der Waals surface area contributed by atoms with Crippen LogP contribution in [0.3, 0.4) is 0 Å². The van der Waals surface area contributed by atoms with Crippen molar-refractivity contribution in [3.63, 3.8) is 0 Å². The SMILES string of the molecule is CNc1ccncc1C(=O)N1CCC(OC)C1. The van der Waals surface area contributed by atoms with Crippen molar-refractivity contribution in [3.05, 3.63) is 24.0 Å². The number of carbonyl (C=O) groups excluding carboxylic acids is 1. The number of methoxy groups -OCH3 is 1. The predicted molar refractivity (Wildman–Crippen MR) is 65.1 cm³/mol. The third kappa shape index (κ3) is 2.39. The van der Waals surface area contributed by atoms with Crippen LogP contribution in [0.5, 0.6) is 0 Å². The highest BCUT2D eigenvalue weighted by Gasteiger charge is 2.27. The van der Waals surface area contributed by atoms with Crippen LogP contribution in [0.15, 0.2) is 18.5 Å². The summed E-state index contributed by atoms with van der Waals surface area (Å²) in [7, 11) is 3.48. The first kappa shape index (κ1) is 11.9. The number of ether oxygens (including phenoxy) is 1. The summed E-state index contributed by atoms with van der Waals surface area (Å²) in [5, 5.41) is 3.01. The molecule has 0 bridgehead atoms. The van der Waals surface area contributed by atoms with E-state index in [9.17, 15) is 4.79 Å². The molecule has 5 nitrogen and oxygen atoms in total. The van der Waals surface area contributed by atoms with E-state index in [-0.39, 0.29) is 12.0 Å². The van der Waals surface area contributed by atoms with E-state index >= 15 is 0 Å². The monoisotopic (exact) mass is 235 g/mol. The Morgan fingerprint density at radius 2 is 2.47 bits per heavy atom. The number of hydrogen-bond acceptors (Lipinski definition) is 4. The zero-order valence-electron chi connectivity index (χ0n) is 10.1. The fourth-order valence-corrected chi connectivity index (χ4v) is 2.06. The fourth-order valence-electron chi connectivity index (χ4n) is 2.06. The van der Waals surface area contributed by atoms with Crippen LogP contribution >= 0.6 is 0 Å². The molecular formula is C12H17N3O2. The van der Waals surface area contributed by atoms with Gasteiger partial charge in [0.15, 0.2) is 0 Å². The zero-order valence-corrected chi connectivity index (χ0v) is 10.1. The van der Waals surface area contributed by atoms with Gasteiger partial charge in [0.2, 0.25) is 0 Å². The maximum Gasteiger partial charge on any atom is 0.257 e. The third-order valence-corrected chi connectivity index (χ3v) is 3.09. The summed E-state index contributed by atoms with van der Waals surface area (Å²) in [6.07, 6.45) is 4.34. The molecule has 1 fully saturated rings.